The van der Waals surface area contributed by atoms with Crippen LogP contribution in [0.1, 0.15) is 25.7 Å². The smallest absolute Gasteiger partial charge is 0.323 e. The first-order valence-electron chi connectivity index (χ1n) is 4.98. The van der Waals surface area contributed by atoms with E-state index in [1.165, 1.54) is 7.11 Å². The van der Waals surface area contributed by atoms with Gasteiger partial charge in [-0.3, -0.25) is 9.59 Å². The van der Waals surface area contributed by atoms with Gasteiger partial charge in [0.2, 0.25) is 5.78 Å². The molecule has 0 N–H and O–H groups in total. The molecule has 0 aromatic rings. The van der Waals surface area contributed by atoms with Crippen LogP contribution < -0.4 is 0 Å². The zero-order chi connectivity index (χ0) is 11.3. The minimum absolute atomic E-state index is 0.0786. The molecule has 0 atom stereocenters. The van der Waals surface area contributed by atoms with E-state index in [0.29, 0.717) is 25.7 Å². The maximum atomic E-state index is 11.3. The number of hydrogen-bond donors (Lipinski definition) is 0. The molecule has 0 radical (unpaired) electrons. The summed E-state index contributed by atoms with van der Waals surface area (Å²) in [7, 11) is 1.37. The highest BCUT2D eigenvalue weighted by Crippen LogP contribution is 2.29. The Balaban J connectivity index is 2.45. The van der Waals surface area contributed by atoms with E-state index >= 15 is 0 Å². The second-order valence-corrected chi connectivity index (χ2v) is 3.72. The first-order valence-corrected chi connectivity index (χ1v) is 4.98. The van der Waals surface area contributed by atoms with Gasteiger partial charge in [-0.15, -0.1) is 0 Å². The van der Waals surface area contributed by atoms with E-state index < -0.39 is 0 Å². The molecule has 0 bridgehead atoms. The topological polar surface area (TPSA) is 79.8 Å². The van der Waals surface area contributed by atoms with E-state index in [1.54, 1.807) is 0 Å². The second kappa shape index (κ2) is 5.41. The van der Waals surface area contributed by atoms with Crippen molar-refractivity contribution in [3.8, 4) is 0 Å². The Kier molecular flexibility index (Phi) is 4.18. The van der Waals surface area contributed by atoms with Crippen LogP contribution in [0, 0.1) is 11.8 Å². The van der Waals surface area contributed by atoms with Crippen LogP contribution in [0.3, 0.4) is 0 Å². The van der Waals surface area contributed by atoms with Crippen LogP contribution >= 0.6 is 0 Å². The number of Topliss-reactive ketones (excluding diaryl/α,β-unsaturated/α-hetero) is 1. The van der Waals surface area contributed by atoms with Crippen LogP contribution in [0.4, 0.5) is 0 Å². The lowest BCUT2D eigenvalue weighted by atomic mass is 9.80. The SMILES string of the molecule is COC(=O)C1CCC(C(=O)C=[N+]=[N-])CC1. The molecular weight excluding hydrogens is 196 g/mol. The fourth-order valence-corrected chi connectivity index (χ4v) is 1.94. The number of carbonyl (C=O) groups is 2. The average molecular weight is 210 g/mol. The molecular formula is C10H14N2O3. The van der Waals surface area contributed by atoms with Crippen LogP contribution in [0.2, 0.25) is 0 Å². The molecule has 1 aliphatic rings. The quantitative estimate of drug-likeness (QED) is 0.299. The first kappa shape index (κ1) is 11.6. The van der Waals surface area contributed by atoms with E-state index in [9.17, 15) is 9.59 Å². The van der Waals surface area contributed by atoms with Crippen molar-refractivity contribution in [2.24, 2.45) is 11.8 Å². The standard InChI is InChI=1S/C10H14N2O3/c1-15-10(14)8-4-2-7(3-5-8)9(13)6-12-11/h6-8H,2-5H2,1H3. The molecule has 0 heterocycles. The third-order valence-electron chi connectivity index (χ3n) is 2.85. The predicted octanol–water partition coefficient (Wildman–Crippen LogP) is 0.835. The molecule has 15 heavy (non-hydrogen) atoms. The fraction of sp³-hybridized carbons (Fsp3) is 0.700. The van der Waals surface area contributed by atoms with E-state index in [2.05, 4.69) is 9.53 Å². The normalized spacial score (nSPS) is 25.1. The number of ether oxygens (including phenoxy) is 1. The van der Waals surface area contributed by atoms with Crippen LogP contribution in [0.5, 0.6) is 0 Å². The first-order chi connectivity index (χ1) is 7.19. The van der Waals surface area contributed by atoms with Gasteiger partial charge in [-0.05, 0) is 25.7 Å². The highest BCUT2D eigenvalue weighted by molar-refractivity contribution is 6.26. The van der Waals surface area contributed by atoms with Crippen molar-refractivity contribution in [1.82, 2.24) is 0 Å². The molecule has 0 aromatic carbocycles. The van der Waals surface area contributed by atoms with Gasteiger partial charge < -0.3 is 10.3 Å². The summed E-state index contributed by atoms with van der Waals surface area (Å²) in [5, 5.41) is 0. The maximum absolute atomic E-state index is 11.3. The molecule has 5 heteroatoms. The lowest BCUT2D eigenvalue weighted by Gasteiger charge is -2.23. The molecule has 0 spiro atoms. The van der Waals surface area contributed by atoms with Crippen molar-refractivity contribution in [3.05, 3.63) is 5.53 Å². The van der Waals surface area contributed by atoms with Gasteiger partial charge in [0.1, 0.15) is 0 Å². The van der Waals surface area contributed by atoms with E-state index in [-0.39, 0.29) is 23.6 Å². The van der Waals surface area contributed by atoms with Crippen molar-refractivity contribution >= 4 is 18.0 Å². The van der Waals surface area contributed by atoms with Crippen molar-refractivity contribution in [2.75, 3.05) is 7.11 Å². The Bertz CT molecular complexity index is 300. The number of methoxy groups -OCH3 is 1. The largest absolute Gasteiger partial charge is 0.469 e. The van der Waals surface area contributed by atoms with Crippen LogP contribution in [0.25, 0.3) is 5.53 Å². The van der Waals surface area contributed by atoms with Gasteiger partial charge in [-0.2, -0.15) is 4.79 Å². The van der Waals surface area contributed by atoms with Crippen molar-refractivity contribution in [3.63, 3.8) is 0 Å². The fourth-order valence-electron chi connectivity index (χ4n) is 1.94. The molecule has 0 aliphatic heterocycles. The summed E-state index contributed by atoms with van der Waals surface area (Å²) < 4.78 is 4.64. The number of nitrogens with zero attached hydrogens (tertiary/aromatic N) is 2. The summed E-state index contributed by atoms with van der Waals surface area (Å²) in [4.78, 5) is 25.2. The number of rotatable bonds is 3. The summed E-state index contributed by atoms with van der Waals surface area (Å²) in [6.45, 7) is 0. The summed E-state index contributed by atoms with van der Waals surface area (Å²) in [5.41, 5.74) is 8.22. The summed E-state index contributed by atoms with van der Waals surface area (Å²) in [6.07, 6.45) is 3.59. The molecule has 0 saturated heterocycles. The lowest BCUT2D eigenvalue weighted by Crippen LogP contribution is -2.27. The number of ketones is 1. The summed E-state index contributed by atoms with van der Waals surface area (Å²) in [6, 6.07) is 0. The Morgan fingerprint density at radius 1 is 1.27 bits per heavy atom. The van der Waals surface area contributed by atoms with Gasteiger partial charge in [0.05, 0.1) is 13.0 Å². The zero-order valence-electron chi connectivity index (χ0n) is 8.68. The molecule has 1 fully saturated rings. The Morgan fingerprint density at radius 2 is 1.80 bits per heavy atom. The molecule has 82 valence electrons. The molecule has 0 unspecified atom stereocenters. The monoisotopic (exact) mass is 210 g/mol. The van der Waals surface area contributed by atoms with Gasteiger partial charge in [0.25, 0.3) is 0 Å². The van der Waals surface area contributed by atoms with Gasteiger partial charge in [0, 0.05) is 5.92 Å². The zero-order valence-corrected chi connectivity index (χ0v) is 8.68. The molecule has 1 rings (SSSR count). The number of esters is 1. The Morgan fingerprint density at radius 3 is 2.27 bits per heavy atom. The highest BCUT2D eigenvalue weighted by Gasteiger charge is 2.30. The third kappa shape index (κ3) is 2.99. The van der Waals surface area contributed by atoms with E-state index in [1.807, 2.05) is 0 Å². The van der Waals surface area contributed by atoms with Gasteiger partial charge >= 0.3 is 12.2 Å². The van der Waals surface area contributed by atoms with Crippen molar-refractivity contribution in [1.29, 1.82) is 0 Å². The number of hydrogen-bond acceptors (Lipinski definition) is 3. The van der Waals surface area contributed by atoms with E-state index in [4.69, 9.17) is 5.53 Å². The molecule has 0 amide bonds. The van der Waals surface area contributed by atoms with Crippen LogP contribution in [-0.4, -0.2) is 29.9 Å². The summed E-state index contributed by atoms with van der Waals surface area (Å²) >= 11 is 0. The average Bonchev–Trinajstić information content (AvgIpc) is 2.28. The minimum atomic E-state index is -0.197. The third-order valence-corrected chi connectivity index (χ3v) is 2.85. The predicted molar refractivity (Wildman–Crippen MR) is 52.2 cm³/mol. The summed E-state index contributed by atoms with van der Waals surface area (Å²) in [5.74, 6) is -0.551. The van der Waals surface area contributed by atoms with Crippen LogP contribution in [0.15, 0.2) is 0 Å². The van der Waals surface area contributed by atoms with Crippen molar-refractivity contribution < 1.29 is 19.1 Å². The van der Waals surface area contributed by atoms with Gasteiger partial charge in [0.15, 0.2) is 0 Å². The van der Waals surface area contributed by atoms with E-state index in [0.717, 1.165) is 6.21 Å². The van der Waals surface area contributed by atoms with Gasteiger partial charge in [-0.25, -0.2) is 0 Å². The molecule has 5 nitrogen and oxygen atoms in total. The minimum Gasteiger partial charge on any atom is -0.469 e. The van der Waals surface area contributed by atoms with Crippen molar-refractivity contribution in [2.45, 2.75) is 25.7 Å². The highest BCUT2D eigenvalue weighted by atomic mass is 16.5. The van der Waals surface area contributed by atoms with Crippen LogP contribution in [-0.2, 0) is 14.3 Å². The Hall–Kier alpha value is -1.48. The lowest BCUT2D eigenvalue weighted by molar-refractivity contribution is -0.147. The molecule has 1 saturated carbocycles. The number of carbonyl (C=O) groups excluding carboxylic acids is 2. The molecule has 0 aromatic heterocycles. The maximum Gasteiger partial charge on any atom is 0.323 e. The Labute approximate surface area is 88.0 Å². The second-order valence-electron chi connectivity index (χ2n) is 3.72. The molecule has 1 aliphatic carbocycles. The van der Waals surface area contributed by atoms with Gasteiger partial charge in [-0.1, -0.05) is 0 Å².